The molecule has 5 rings (SSSR count). The largest absolute Gasteiger partial charge is 0.507 e. The first-order valence-electron chi connectivity index (χ1n) is 12.0. The monoisotopic (exact) mass is 484 g/mol. The van der Waals surface area contributed by atoms with Crippen molar-refractivity contribution in [3.05, 3.63) is 95.1 Å². The van der Waals surface area contributed by atoms with Gasteiger partial charge in [0.05, 0.1) is 31.0 Å². The predicted molar refractivity (Wildman–Crippen MR) is 136 cm³/mol. The van der Waals surface area contributed by atoms with Gasteiger partial charge in [-0.05, 0) is 54.8 Å². The van der Waals surface area contributed by atoms with Gasteiger partial charge < -0.3 is 24.1 Å². The number of nitrogens with zero attached hydrogens (tertiary/aromatic N) is 1. The van der Waals surface area contributed by atoms with Crippen molar-refractivity contribution in [1.29, 1.82) is 0 Å². The summed E-state index contributed by atoms with van der Waals surface area (Å²) in [5, 5.41) is 12.3. The number of furan rings is 1. The van der Waals surface area contributed by atoms with Crippen molar-refractivity contribution >= 4 is 28.4 Å². The Morgan fingerprint density at radius 2 is 1.94 bits per heavy atom. The quantitative estimate of drug-likeness (QED) is 0.199. The molecule has 36 heavy (non-hydrogen) atoms. The van der Waals surface area contributed by atoms with E-state index in [1.807, 2.05) is 31.2 Å². The van der Waals surface area contributed by atoms with Gasteiger partial charge in [0.2, 0.25) is 0 Å². The standard InChI is InChI=1S/C29H28N2O5/c1-17(2)16-36-24-11-10-19(13-18(24)3)27(32)25-26(22-14-30-23-9-5-4-8-21(22)23)31(29(34)28(25)33)15-20-7-6-12-35-20/h4-14,17,26,30,32H,15-16H2,1-3H3/b27-25+. The molecule has 4 aromatic rings. The number of nitrogens with one attached hydrogen (secondary N) is 1. The summed E-state index contributed by atoms with van der Waals surface area (Å²) in [7, 11) is 0. The summed E-state index contributed by atoms with van der Waals surface area (Å²) in [6, 6.07) is 15.6. The molecule has 3 heterocycles. The topological polar surface area (TPSA) is 95.8 Å². The minimum absolute atomic E-state index is 0.0477. The van der Waals surface area contributed by atoms with Gasteiger partial charge in [-0.3, -0.25) is 9.59 Å². The zero-order chi connectivity index (χ0) is 25.4. The van der Waals surface area contributed by atoms with Gasteiger partial charge >= 0.3 is 0 Å². The van der Waals surface area contributed by atoms with Crippen LogP contribution in [0.2, 0.25) is 0 Å². The first kappa shape index (κ1) is 23.5. The van der Waals surface area contributed by atoms with Gasteiger partial charge in [-0.15, -0.1) is 0 Å². The molecule has 0 radical (unpaired) electrons. The number of Topliss-reactive ketones (excluding diaryl/α,β-unsaturated/α-hetero) is 1. The minimum atomic E-state index is -0.788. The van der Waals surface area contributed by atoms with Crippen LogP contribution in [0.4, 0.5) is 0 Å². The fraction of sp³-hybridized carbons (Fsp3) is 0.241. The molecule has 7 nitrogen and oxygen atoms in total. The number of ether oxygens (including phenoxy) is 1. The molecule has 0 bridgehead atoms. The zero-order valence-electron chi connectivity index (χ0n) is 20.4. The maximum Gasteiger partial charge on any atom is 0.296 e. The number of aryl methyl sites for hydroxylation is 1. The average Bonchev–Trinajstić information content (AvgIpc) is 3.58. The van der Waals surface area contributed by atoms with Gasteiger partial charge in [-0.2, -0.15) is 0 Å². The predicted octanol–water partition coefficient (Wildman–Crippen LogP) is 5.73. The Balaban J connectivity index is 1.63. The lowest BCUT2D eigenvalue weighted by atomic mass is 9.94. The lowest BCUT2D eigenvalue weighted by molar-refractivity contribution is -0.140. The molecule has 0 spiro atoms. The van der Waals surface area contributed by atoms with Gasteiger partial charge in [0.15, 0.2) is 0 Å². The van der Waals surface area contributed by atoms with Crippen LogP contribution in [0.3, 0.4) is 0 Å². The highest BCUT2D eigenvalue weighted by molar-refractivity contribution is 6.46. The number of aromatic amines is 1. The van der Waals surface area contributed by atoms with Gasteiger partial charge in [-0.1, -0.05) is 32.0 Å². The van der Waals surface area contributed by atoms with E-state index in [4.69, 9.17) is 9.15 Å². The Hall–Kier alpha value is -4.26. The molecule has 184 valence electrons. The van der Waals surface area contributed by atoms with Crippen LogP contribution < -0.4 is 4.74 Å². The van der Waals surface area contributed by atoms with E-state index in [-0.39, 0.29) is 17.9 Å². The van der Waals surface area contributed by atoms with Gasteiger partial charge in [0.25, 0.3) is 11.7 Å². The number of rotatable bonds is 7. The summed E-state index contributed by atoms with van der Waals surface area (Å²) in [5.74, 6) is 0.00257. The van der Waals surface area contributed by atoms with Crippen molar-refractivity contribution in [3.63, 3.8) is 0 Å². The highest BCUT2D eigenvalue weighted by atomic mass is 16.5. The zero-order valence-corrected chi connectivity index (χ0v) is 20.4. The molecule has 1 aliphatic heterocycles. The summed E-state index contributed by atoms with van der Waals surface area (Å²) in [4.78, 5) is 31.3. The third-order valence-electron chi connectivity index (χ3n) is 6.38. The van der Waals surface area contributed by atoms with Crippen LogP contribution in [0.1, 0.15) is 42.3 Å². The van der Waals surface area contributed by atoms with E-state index >= 15 is 0 Å². The van der Waals surface area contributed by atoms with Crippen molar-refractivity contribution < 1.29 is 23.8 Å². The van der Waals surface area contributed by atoms with Crippen molar-refractivity contribution in [3.8, 4) is 5.75 Å². The van der Waals surface area contributed by atoms with Gasteiger partial charge in [0.1, 0.15) is 17.3 Å². The average molecular weight is 485 g/mol. The number of fused-ring (bicyclic) bond motifs is 1. The second-order valence-corrected chi connectivity index (χ2v) is 9.48. The van der Waals surface area contributed by atoms with E-state index in [1.165, 1.54) is 11.2 Å². The first-order chi connectivity index (χ1) is 17.3. The van der Waals surface area contributed by atoms with E-state index in [9.17, 15) is 14.7 Å². The van der Waals surface area contributed by atoms with Crippen LogP contribution in [0.5, 0.6) is 5.75 Å². The van der Waals surface area contributed by atoms with Gasteiger partial charge in [0, 0.05) is 28.2 Å². The molecule has 2 N–H and O–H groups in total. The third-order valence-corrected chi connectivity index (χ3v) is 6.38. The Bertz CT molecular complexity index is 1460. The van der Waals surface area contributed by atoms with Crippen LogP contribution in [0.25, 0.3) is 16.7 Å². The van der Waals surface area contributed by atoms with Crippen LogP contribution in [0.15, 0.2) is 77.0 Å². The van der Waals surface area contributed by atoms with Crippen molar-refractivity contribution in [1.82, 2.24) is 9.88 Å². The maximum absolute atomic E-state index is 13.4. The second-order valence-electron chi connectivity index (χ2n) is 9.48. The number of hydrogen-bond donors (Lipinski definition) is 2. The number of carbonyl (C=O) groups is 2. The van der Waals surface area contributed by atoms with E-state index < -0.39 is 17.7 Å². The number of benzene rings is 2. The number of hydrogen-bond acceptors (Lipinski definition) is 5. The molecule has 1 aliphatic rings. The molecule has 2 aromatic heterocycles. The van der Waals surface area contributed by atoms with Crippen LogP contribution in [-0.2, 0) is 16.1 Å². The number of aliphatic hydroxyl groups excluding tert-OH is 1. The Morgan fingerprint density at radius 1 is 1.14 bits per heavy atom. The molecular weight excluding hydrogens is 456 g/mol. The first-order valence-corrected chi connectivity index (χ1v) is 12.0. The lowest BCUT2D eigenvalue weighted by Gasteiger charge is -2.24. The summed E-state index contributed by atoms with van der Waals surface area (Å²) in [6.45, 7) is 6.70. The summed E-state index contributed by atoms with van der Waals surface area (Å²) in [5.41, 5.74) is 2.93. The lowest BCUT2D eigenvalue weighted by Crippen LogP contribution is -2.29. The highest BCUT2D eigenvalue weighted by Gasteiger charge is 2.47. The summed E-state index contributed by atoms with van der Waals surface area (Å²) >= 11 is 0. The number of aliphatic hydroxyl groups is 1. The summed E-state index contributed by atoms with van der Waals surface area (Å²) in [6.07, 6.45) is 3.32. The number of aromatic nitrogens is 1. The Kier molecular flexibility index (Phi) is 6.14. The van der Waals surface area contributed by atoms with Crippen molar-refractivity contribution in [2.75, 3.05) is 6.61 Å². The number of amides is 1. The number of carbonyl (C=O) groups excluding carboxylic acids is 2. The second kappa shape index (κ2) is 9.41. The highest BCUT2D eigenvalue weighted by Crippen LogP contribution is 2.43. The summed E-state index contributed by atoms with van der Waals surface area (Å²) < 4.78 is 11.3. The molecule has 1 atom stereocenters. The third kappa shape index (κ3) is 4.17. The molecule has 0 saturated carbocycles. The molecule has 2 aromatic carbocycles. The number of likely N-dealkylation sites (tertiary alicyclic amines) is 1. The van der Waals surface area contributed by atoms with Crippen LogP contribution >= 0.6 is 0 Å². The minimum Gasteiger partial charge on any atom is -0.507 e. The maximum atomic E-state index is 13.4. The fourth-order valence-electron chi connectivity index (χ4n) is 4.63. The number of ketones is 1. The number of para-hydroxylation sites is 1. The Morgan fingerprint density at radius 3 is 2.67 bits per heavy atom. The van der Waals surface area contributed by atoms with Gasteiger partial charge in [-0.25, -0.2) is 0 Å². The molecule has 1 saturated heterocycles. The van der Waals surface area contributed by atoms with Crippen molar-refractivity contribution in [2.45, 2.75) is 33.4 Å². The van der Waals surface area contributed by atoms with Crippen molar-refractivity contribution in [2.24, 2.45) is 5.92 Å². The molecule has 1 unspecified atom stereocenters. The van der Waals surface area contributed by atoms with E-state index in [0.717, 1.165) is 22.0 Å². The fourth-order valence-corrected chi connectivity index (χ4v) is 4.63. The van der Waals surface area contributed by atoms with E-state index in [1.54, 1.807) is 36.5 Å². The number of H-pyrrole nitrogens is 1. The van der Waals surface area contributed by atoms with E-state index in [2.05, 4.69) is 18.8 Å². The van der Waals surface area contributed by atoms with Crippen LogP contribution in [-0.4, -0.2) is 33.3 Å². The SMILES string of the molecule is Cc1cc(/C(O)=C2\C(=O)C(=O)N(Cc3ccco3)C2c2c[nH]c3ccccc23)ccc1OCC(C)C. The smallest absolute Gasteiger partial charge is 0.296 e. The molecule has 1 fully saturated rings. The Labute approximate surface area is 209 Å². The molecular formula is C29H28N2O5. The normalized spacial score (nSPS) is 17.4. The molecule has 7 heteroatoms. The van der Waals surface area contributed by atoms with Crippen LogP contribution in [0, 0.1) is 12.8 Å². The molecule has 1 amide bonds. The van der Waals surface area contributed by atoms with E-state index in [0.29, 0.717) is 29.6 Å². The molecule has 0 aliphatic carbocycles.